The van der Waals surface area contributed by atoms with Crippen LogP contribution in [0.3, 0.4) is 0 Å². The standard InChI is InChI=1S/C20H35N/c1-5-6-7-8-9-10-11-16-19(21)17-14-12-13-15-18(17)20(2,3)4/h12-15,19H,5-11,16,21H2,1-4H3. The summed E-state index contributed by atoms with van der Waals surface area (Å²) in [6.07, 6.45) is 10.6. The van der Waals surface area contributed by atoms with Gasteiger partial charge in [-0.1, -0.05) is 96.9 Å². The van der Waals surface area contributed by atoms with Crippen molar-refractivity contribution in [1.82, 2.24) is 0 Å². The molecule has 0 bridgehead atoms. The van der Waals surface area contributed by atoms with Gasteiger partial charge in [-0.3, -0.25) is 0 Å². The summed E-state index contributed by atoms with van der Waals surface area (Å²) < 4.78 is 0. The SMILES string of the molecule is CCCCCCCCCC(N)c1ccccc1C(C)(C)C. The summed E-state index contributed by atoms with van der Waals surface area (Å²) in [7, 11) is 0. The predicted octanol–water partition coefficient (Wildman–Crippen LogP) is 6.12. The molecule has 1 aromatic rings. The molecular formula is C20H35N. The van der Waals surface area contributed by atoms with E-state index in [1.807, 2.05) is 0 Å². The van der Waals surface area contributed by atoms with Crippen molar-refractivity contribution in [3.05, 3.63) is 35.4 Å². The Morgan fingerprint density at radius 2 is 1.48 bits per heavy atom. The van der Waals surface area contributed by atoms with Gasteiger partial charge in [0.15, 0.2) is 0 Å². The first kappa shape index (κ1) is 18.2. The molecule has 0 radical (unpaired) electrons. The molecule has 0 spiro atoms. The molecule has 0 heterocycles. The average molecular weight is 290 g/mol. The minimum atomic E-state index is 0.175. The van der Waals surface area contributed by atoms with Crippen molar-refractivity contribution in [2.45, 2.75) is 90.5 Å². The predicted molar refractivity (Wildman–Crippen MR) is 94.7 cm³/mol. The molecule has 0 saturated heterocycles. The second kappa shape index (κ2) is 9.25. The van der Waals surface area contributed by atoms with E-state index in [9.17, 15) is 0 Å². The van der Waals surface area contributed by atoms with Crippen LogP contribution in [0.15, 0.2) is 24.3 Å². The normalized spacial score (nSPS) is 13.4. The molecule has 1 atom stereocenters. The number of nitrogens with two attached hydrogens (primary N) is 1. The Morgan fingerprint density at radius 3 is 2.10 bits per heavy atom. The van der Waals surface area contributed by atoms with Crippen molar-refractivity contribution >= 4 is 0 Å². The van der Waals surface area contributed by atoms with Crippen molar-refractivity contribution in [2.75, 3.05) is 0 Å². The fraction of sp³-hybridized carbons (Fsp3) is 0.700. The van der Waals surface area contributed by atoms with E-state index in [0.29, 0.717) is 0 Å². The zero-order valence-electron chi connectivity index (χ0n) is 14.6. The third-order valence-corrected chi connectivity index (χ3v) is 4.29. The van der Waals surface area contributed by atoms with Crippen molar-refractivity contribution in [2.24, 2.45) is 5.73 Å². The van der Waals surface area contributed by atoms with Crippen LogP contribution in [0.1, 0.15) is 96.2 Å². The van der Waals surface area contributed by atoms with Crippen LogP contribution in [0.2, 0.25) is 0 Å². The van der Waals surface area contributed by atoms with Gasteiger partial charge in [0.05, 0.1) is 0 Å². The molecular weight excluding hydrogens is 254 g/mol. The molecule has 0 aromatic heterocycles. The van der Waals surface area contributed by atoms with E-state index in [-0.39, 0.29) is 11.5 Å². The molecule has 21 heavy (non-hydrogen) atoms. The molecule has 1 unspecified atom stereocenters. The summed E-state index contributed by atoms with van der Waals surface area (Å²) in [5.41, 5.74) is 9.38. The first-order valence-electron chi connectivity index (χ1n) is 8.81. The maximum atomic E-state index is 6.45. The van der Waals surface area contributed by atoms with Crippen LogP contribution >= 0.6 is 0 Å². The molecule has 1 nitrogen and oxygen atoms in total. The summed E-state index contributed by atoms with van der Waals surface area (Å²) in [5.74, 6) is 0. The lowest BCUT2D eigenvalue weighted by Gasteiger charge is -2.25. The average Bonchev–Trinajstić information content (AvgIpc) is 2.45. The molecule has 0 fully saturated rings. The Morgan fingerprint density at radius 1 is 0.905 bits per heavy atom. The number of unbranched alkanes of at least 4 members (excludes halogenated alkanes) is 6. The van der Waals surface area contributed by atoms with Crippen molar-refractivity contribution in [3.63, 3.8) is 0 Å². The third-order valence-electron chi connectivity index (χ3n) is 4.29. The minimum absolute atomic E-state index is 0.175. The largest absolute Gasteiger partial charge is 0.324 e. The van der Waals surface area contributed by atoms with Crippen LogP contribution in [-0.2, 0) is 5.41 Å². The second-order valence-corrected chi connectivity index (χ2v) is 7.35. The van der Waals surface area contributed by atoms with Crippen LogP contribution in [-0.4, -0.2) is 0 Å². The number of hydrogen-bond donors (Lipinski definition) is 1. The van der Waals surface area contributed by atoms with Crippen LogP contribution in [0.25, 0.3) is 0 Å². The van der Waals surface area contributed by atoms with E-state index in [1.54, 1.807) is 0 Å². The lowest BCUT2D eigenvalue weighted by molar-refractivity contribution is 0.524. The Hall–Kier alpha value is -0.820. The smallest absolute Gasteiger partial charge is 0.0297 e. The molecule has 0 aliphatic heterocycles. The molecule has 1 heteroatoms. The molecule has 0 saturated carbocycles. The highest BCUT2D eigenvalue weighted by Crippen LogP contribution is 2.30. The lowest BCUT2D eigenvalue weighted by atomic mass is 9.81. The van der Waals surface area contributed by atoms with Crippen molar-refractivity contribution < 1.29 is 0 Å². The molecule has 2 N–H and O–H groups in total. The van der Waals surface area contributed by atoms with Gasteiger partial charge in [0.1, 0.15) is 0 Å². The lowest BCUT2D eigenvalue weighted by Crippen LogP contribution is -2.19. The maximum absolute atomic E-state index is 6.45. The minimum Gasteiger partial charge on any atom is -0.324 e. The molecule has 120 valence electrons. The molecule has 0 amide bonds. The zero-order chi connectivity index (χ0) is 15.7. The van der Waals surface area contributed by atoms with Gasteiger partial charge in [-0.25, -0.2) is 0 Å². The molecule has 0 aliphatic carbocycles. The molecule has 1 rings (SSSR count). The van der Waals surface area contributed by atoms with E-state index in [1.165, 1.54) is 56.1 Å². The Balaban J connectivity index is 2.41. The Labute approximate surface area is 132 Å². The van der Waals surface area contributed by atoms with E-state index >= 15 is 0 Å². The highest BCUT2D eigenvalue weighted by atomic mass is 14.6. The van der Waals surface area contributed by atoms with Crippen molar-refractivity contribution in [3.8, 4) is 0 Å². The Kier molecular flexibility index (Phi) is 8.03. The fourth-order valence-corrected chi connectivity index (χ4v) is 2.98. The van der Waals surface area contributed by atoms with Gasteiger partial charge in [0.2, 0.25) is 0 Å². The highest BCUT2D eigenvalue weighted by molar-refractivity contribution is 5.34. The summed E-state index contributed by atoms with van der Waals surface area (Å²) in [6.45, 7) is 9.08. The summed E-state index contributed by atoms with van der Waals surface area (Å²) in [4.78, 5) is 0. The van der Waals surface area contributed by atoms with Gasteiger partial charge < -0.3 is 5.73 Å². The summed E-state index contributed by atoms with van der Waals surface area (Å²) >= 11 is 0. The zero-order valence-corrected chi connectivity index (χ0v) is 14.6. The fourth-order valence-electron chi connectivity index (χ4n) is 2.98. The first-order valence-corrected chi connectivity index (χ1v) is 8.81. The monoisotopic (exact) mass is 289 g/mol. The van der Waals surface area contributed by atoms with E-state index < -0.39 is 0 Å². The van der Waals surface area contributed by atoms with Crippen LogP contribution in [0.5, 0.6) is 0 Å². The van der Waals surface area contributed by atoms with Gasteiger partial charge in [-0.15, -0.1) is 0 Å². The van der Waals surface area contributed by atoms with Gasteiger partial charge in [0.25, 0.3) is 0 Å². The van der Waals surface area contributed by atoms with Crippen LogP contribution < -0.4 is 5.73 Å². The first-order chi connectivity index (χ1) is 9.96. The third kappa shape index (κ3) is 6.65. The van der Waals surface area contributed by atoms with Gasteiger partial charge >= 0.3 is 0 Å². The maximum Gasteiger partial charge on any atom is 0.0297 e. The van der Waals surface area contributed by atoms with Crippen LogP contribution in [0, 0.1) is 0 Å². The van der Waals surface area contributed by atoms with Gasteiger partial charge in [-0.2, -0.15) is 0 Å². The van der Waals surface area contributed by atoms with Crippen LogP contribution in [0.4, 0.5) is 0 Å². The van der Waals surface area contributed by atoms with E-state index in [0.717, 1.165) is 6.42 Å². The quantitative estimate of drug-likeness (QED) is 0.544. The number of hydrogen-bond acceptors (Lipinski definition) is 1. The molecule has 1 aromatic carbocycles. The Bertz CT molecular complexity index is 389. The van der Waals surface area contributed by atoms with E-state index in [2.05, 4.69) is 52.0 Å². The molecule has 0 aliphatic rings. The summed E-state index contributed by atoms with van der Waals surface area (Å²) in [5, 5.41) is 0. The highest BCUT2D eigenvalue weighted by Gasteiger charge is 2.20. The van der Waals surface area contributed by atoms with Crippen molar-refractivity contribution in [1.29, 1.82) is 0 Å². The van der Waals surface area contributed by atoms with Gasteiger partial charge in [0, 0.05) is 6.04 Å². The second-order valence-electron chi connectivity index (χ2n) is 7.35. The topological polar surface area (TPSA) is 26.0 Å². The number of benzene rings is 1. The van der Waals surface area contributed by atoms with Gasteiger partial charge in [-0.05, 0) is 23.0 Å². The summed E-state index contributed by atoms with van der Waals surface area (Å²) in [6, 6.07) is 8.89. The van der Waals surface area contributed by atoms with E-state index in [4.69, 9.17) is 5.73 Å². The number of rotatable bonds is 9.